The normalized spacial score (nSPS) is 12.5. The molecule has 1 aromatic carbocycles. The van der Waals surface area contributed by atoms with Crippen LogP contribution in [0.2, 0.25) is 0 Å². The number of fused-ring (bicyclic) bond motifs is 1. The van der Waals surface area contributed by atoms with Gasteiger partial charge in [-0.25, -0.2) is 0 Å². The number of aryl methyl sites for hydroxylation is 2. The molecule has 1 N–H and O–H groups in total. The number of furan rings is 1. The summed E-state index contributed by atoms with van der Waals surface area (Å²) in [6.45, 7) is 15.4. The van der Waals surface area contributed by atoms with Crippen LogP contribution >= 0.6 is 0 Å². The number of benzene rings is 1. The zero-order valence-corrected chi connectivity index (χ0v) is 13.3. The second-order valence-corrected chi connectivity index (χ2v) is 4.66. The highest BCUT2D eigenvalue weighted by molar-refractivity contribution is 5.82. The summed E-state index contributed by atoms with van der Waals surface area (Å²) in [5, 5.41) is 11.3. The highest BCUT2D eigenvalue weighted by Gasteiger charge is 2.16. The van der Waals surface area contributed by atoms with Crippen molar-refractivity contribution in [2.24, 2.45) is 0 Å². The van der Waals surface area contributed by atoms with Gasteiger partial charge in [0, 0.05) is 5.39 Å². The zero-order chi connectivity index (χ0) is 16.0. The standard InChI is InChI=1S/C17H18O2.C2H6/c1-5-7-13(6-2)16(18)15-10-14-9-11(3)8-12(4)17(14)19-15;1-2/h5-10,16,18H,1-2H2,3-4H3;1-2H3/b13-7+;. The van der Waals surface area contributed by atoms with Crippen LogP contribution in [0.15, 0.2) is 59.6 Å². The summed E-state index contributed by atoms with van der Waals surface area (Å²) in [6, 6.07) is 5.99. The Bertz CT molecular complexity index is 660. The van der Waals surface area contributed by atoms with Gasteiger partial charge in [-0.15, -0.1) is 0 Å². The van der Waals surface area contributed by atoms with E-state index in [0.29, 0.717) is 11.3 Å². The molecule has 0 fully saturated rings. The van der Waals surface area contributed by atoms with Crippen molar-refractivity contribution in [2.75, 3.05) is 0 Å². The van der Waals surface area contributed by atoms with Crippen LogP contribution in [0.3, 0.4) is 0 Å². The third kappa shape index (κ3) is 3.73. The minimum Gasteiger partial charge on any atom is -0.458 e. The maximum absolute atomic E-state index is 10.3. The van der Waals surface area contributed by atoms with Crippen molar-refractivity contribution in [2.45, 2.75) is 33.8 Å². The van der Waals surface area contributed by atoms with Gasteiger partial charge in [0.15, 0.2) is 0 Å². The Morgan fingerprint density at radius 2 is 1.86 bits per heavy atom. The molecule has 0 amide bonds. The van der Waals surface area contributed by atoms with Crippen molar-refractivity contribution < 1.29 is 9.52 Å². The Labute approximate surface area is 127 Å². The van der Waals surface area contributed by atoms with E-state index in [1.165, 1.54) is 5.56 Å². The number of hydrogen-bond donors (Lipinski definition) is 1. The van der Waals surface area contributed by atoms with E-state index in [-0.39, 0.29) is 0 Å². The van der Waals surface area contributed by atoms with Gasteiger partial charge in [0.1, 0.15) is 17.4 Å². The summed E-state index contributed by atoms with van der Waals surface area (Å²) >= 11 is 0. The van der Waals surface area contributed by atoms with Gasteiger partial charge in [-0.3, -0.25) is 0 Å². The Balaban J connectivity index is 0.00000106. The lowest BCUT2D eigenvalue weighted by Gasteiger charge is -2.07. The fraction of sp³-hybridized carbons (Fsp3) is 0.263. The second kappa shape index (κ2) is 7.65. The molecule has 0 saturated heterocycles. The first kappa shape index (κ1) is 17.0. The van der Waals surface area contributed by atoms with E-state index in [2.05, 4.69) is 19.2 Å². The van der Waals surface area contributed by atoms with E-state index < -0.39 is 6.10 Å². The summed E-state index contributed by atoms with van der Waals surface area (Å²) in [5.41, 5.74) is 3.74. The first-order valence-electron chi connectivity index (χ1n) is 7.20. The van der Waals surface area contributed by atoms with Gasteiger partial charge in [0.25, 0.3) is 0 Å². The van der Waals surface area contributed by atoms with Crippen LogP contribution in [0.25, 0.3) is 11.0 Å². The molecule has 0 spiro atoms. The van der Waals surface area contributed by atoms with Crippen LogP contribution in [0.1, 0.15) is 36.8 Å². The summed E-state index contributed by atoms with van der Waals surface area (Å²) in [6.07, 6.45) is 4.14. The first-order chi connectivity index (χ1) is 10.1. The lowest BCUT2D eigenvalue weighted by Crippen LogP contribution is -1.97. The van der Waals surface area contributed by atoms with Crippen molar-refractivity contribution in [1.82, 2.24) is 0 Å². The molecule has 0 aliphatic heterocycles. The molecular formula is C19H24O2. The SMILES string of the molecule is C=C/C=C(\C=C)C(O)c1cc2cc(C)cc(C)c2o1.CC. The largest absolute Gasteiger partial charge is 0.458 e. The van der Waals surface area contributed by atoms with Gasteiger partial charge < -0.3 is 9.52 Å². The zero-order valence-electron chi connectivity index (χ0n) is 13.3. The quantitative estimate of drug-likeness (QED) is 0.762. The number of rotatable bonds is 4. The molecule has 1 atom stereocenters. The molecule has 0 radical (unpaired) electrons. The predicted octanol–water partition coefficient (Wildman–Crippen LogP) is 5.41. The molecule has 1 unspecified atom stereocenters. The average molecular weight is 284 g/mol. The molecule has 0 aliphatic carbocycles. The highest BCUT2D eigenvalue weighted by atomic mass is 16.4. The van der Waals surface area contributed by atoms with E-state index in [1.54, 1.807) is 18.2 Å². The fourth-order valence-electron chi connectivity index (χ4n) is 2.24. The molecule has 0 saturated carbocycles. The van der Waals surface area contributed by atoms with E-state index in [4.69, 9.17) is 4.42 Å². The van der Waals surface area contributed by atoms with Crippen LogP contribution in [-0.4, -0.2) is 5.11 Å². The summed E-state index contributed by atoms with van der Waals surface area (Å²) in [7, 11) is 0. The molecule has 112 valence electrons. The lowest BCUT2D eigenvalue weighted by molar-refractivity contribution is 0.191. The van der Waals surface area contributed by atoms with Gasteiger partial charge in [0.2, 0.25) is 0 Å². The number of allylic oxidation sites excluding steroid dienone is 2. The lowest BCUT2D eigenvalue weighted by atomic mass is 10.1. The monoisotopic (exact) mass is 284 g/mol. The average Bonchev–Trinajstić information content (AvgIpc) is 2.90. The van der Waals surface area contributed by atoms with Gasteiger partial charge in [-0.1, -0.05) is 56.9 Å². The molecule has 0 aliphatic rings. The Hall–Kier alpha value is -2.06. The topological polar surface area (TPSA) is 33.4 Å². The summed E-state index contributed by atoms with van der Waals surface area (Å²) in [4.78, 5) is 0. The minimum absolute atomic E-state index is 0.525. The van der Waals surface area contributed by atoms with Crippen LogP contribution < -0.4 is 0 Å². The van der Waals surface area contributed by atoms with Crippen molar-refractivity contribution in [3.63, 3.8) is 0 Å². The molecule has 1 aromatic heterocycles. The third-order valence-electron chi connectivity index (χ3n) is 3.10. The van der Waals surface area contributed by atoms with E-state index in [1.807, 2.05) is 39.8 Å². The maximum Gasteiger partial charge on any atom is 0.138 e. The van der Waals surface area contributed by atoms with Crippen LogP contribution in [-0.2, 0) is 0 Å². The number of aliphatic hydroxyl groups excluding tert-OH is 1. The van der Waals surface area contributed by atoms with Crippen molar-refractivity contribution in [3.8, 4) is 0 Å². The van der Waals surface area contributed by atoms with Crippen molar-refractivity contribution in [1.29, 1.82) is 0 Å². The van der Waals surface area contributed by atoms with Gasteiger partial charge in [-0.05, 0) is 37.1 Å². The fourth-order valence-corrected chi connectivity index (χ4v) is 2.24. The second-order valence-electron chi connectivity index (χ2n) is 4.66. The molecule has 2 rings (SSSR count). The third-order valence-corrected chi connectivity index (χ3v) is 3.10. The van der Waals surface area contributed by atoms with Crippen LogP contribution in [0.5, 0.6) is 0 Å². The molecule has 2 aromatic rings. The molecular weight excluding hydrogens is 260 g/mol. The van der Waals surface area contributed by atoms with Crippen molar-refractivity contribution in [3.05, 3.63) is 72.0 Å². The number of aliphatic hydroxyl groups is 1. The van der Waals surface area contributed by atoms with E-state index in [9.17, 15) is 5.11 Å². The van der Waals surface area contributed by atoms with Gasteiger partial charge in [-0.2, -0.15) is 0 Å². The van der Waals surface area contributed by atoms with Gasteiger partial charge >= 0.3 is 0 Å². The summed E-state index contributed by atoms with van der Waals surface area (Å²) < 4.78 is 5.77. The first-order valence-corrected chi connectivity index (χ1v) is 7.20. The van der Waals surface area contributed by atoms with Crippen LogP contribution in [0.4, 0.5) is 0 Å². The minimum atomic E-state index is -0.817. The maximum atomic E-state index is 10.3. The Kier molecular flexibility index (Phi) is 6.19. The van der Waals surface area contributed by atoms with Gasteiger partial charge in [0.05, 0.1) is 0 Å². The molecule has 21 heavy (non-hydrogen) atoms. The Morgan fingerprint density at radius 1 is 1.19 bits per heavy atom. The van der Waals surface area contributed by atoms with E-state index >= 15 is 0 Å². The highest BCUT2D eigenvalue weighted by Crippen LogP contribution is 2.30. The molecule has 0 bridgehead atoms. The molecule has 1 heterocycles. The summed E-state index contributed by atoms with van der Waals surface area (Å²) in [5.74, 6) is 0.525. The van der Waals surface area contributed by atoms with Crippen molar-refractivity contribution >= 4 is 11.0 Å². The van der Waals surface area contributed by atoms with E-state index in [0.717, 1.165) is 16.5 Å². The predicted molar refractivity (Wildman–Crippen MR) is 90.5 cm³/mol. The Morgan fingerprint density at radius 3 is 2.43 bits per heavy atom. The van der Waals surface area contributed by atoms with Crippen LogP contribution in [0, 0.1) is 13.8 Å². The molecule has 2 nitrogen and oxygen atoms in total. The smallest absolute Gasteiger partial charge is 0.138 e. The molecule has 2 heteroatoms. The number of hydrogen-bond acceptors (Lipinski definition) is 2.